The minimum absolute atomic E-state index is 0.136. The Morgan fingerprint density at radius 1 is 1.25 bits per heavy atom. The van der Waals surface area contributed by atoms with E-state index in [1.807, 2.05) is 0 Å². The normalized spacial score (nSPS) is 10.5. The molecule has 0 saturated carbocycles. The van der Waals surface area contributed by atoms with Crippen molar-refractivity contribution in [3.63, 3.8) is 0 Å². The third kappa shape index (κ3) is 4.97. The molecule has 12 heteroatoms. The Labute approximate surface area is 156 Å². The largest absolute Gasteiger partial charge is 0.492 e. The van der Waals surface area contributed by atoms with Crippen LogP contribution in [0.4, 0.5) is 15.8 Å². The molecule has 0 unspecified atom stereocenters. The Morgan fingerprint density at radius 2 is 1.96 bits per heavy atom. The van der Waals surface area contributed by atoms with Gasteiger partial charge in [0.25, 0.3) is 11.6 Å². The van der Waals surface area contributed by atoms with Crippen molar-refractivity contribution in [2.45, 2.75) is 0 Å². The first-order valence-corrected chi connectivity index (χ1v) is 7.53. The van der Waals surface area contributed by atoms with Gasteiger partial charge >= 0.3 is 5.69 Å². The molecule has 2 rings (SSSR count). The second-order valence-corrected chi connectivity index (χ2v) is 5.11. The molecular weight excluding hydrogens is 379 g/mol. The molecule has 2 aromatic rings. The maximum Gasteiger partial charge on any atom is 0.321 e. The molecule has 0 aromatic heterocycles. The zero-order valence-electron chi connectivity index (χ0n) is 14.3. The first-order valence-electron chi connectivity index (χ1n) is 7.53. The standard InChI is InChI=1S/C16H13FN4O7/c1-27-14-7-11(20(23)24)6-13(21(25)26)16(14)28-9-15(22)19-18-8-10-4-2-3-5-12(10)17/h2-8H,9H2,1H3,(H,19,22). The van der Waals surface area contributed by atoms with Crippen molar-refractivity contribution in [3.8, 4) is 11.5 Å². The molecule has 146 valence electrons. The Balaban J connectivity index is 2.10. The number of nitro benzene ring substituents is 2. The van der Waals surface area contributed by atoms with Crippen LogP contribution in [0.25, 0.3) is 0 Å². The molecule has 0 atom stereocenters. The number of nitrogens with one attached hydrogen (secondary N) is 1. The van der Waals surface area contributed by atoms with Crippen LogP contribution in [0.2, 0.25) is 0 Å². The lowest BCUT2D eigenvalue weighted by Crippen LogP contribution is -2.25. The molecular formula is C16H13FN4O7. The van der Waals surface area contributed by atoms with E-state index in [9.17, 15) is 29.4 Å². The monoisotopic (exact) mass is 392 g/mol. The van der Waals surface area contributed by atoms with E-state index >= 15 is 0 Å². The van der Waals surface area contributed by atoms with Crippen molar-refractivity contribution in [2.24, 2.45) is 5.10 Å². The number of carbonyl (C=O) groups excluding carboxylic acids is 1. The smallest absolute Gasteiger partial charge is 0.321 e. The second-order valence-electron chi connectivity index (χ2n) is 5.11. The van der Waals surface area contributed by atoms with Crippen LogP contribution in [0, 0.1) is 26.0 Å². The van der Waals surface area contributed by atoms with E-state index in [0.29, 0.717) is 6.07 Å². The predicted octanol–water partition coefficient (Wildman–Crippen LogP) is 2.18. The fourth-order valence-corrected chi connectivity index (χ4v) is 2.03. The molecule has 0 spiro atoms. The molecule has 0 fully saturated rings. The van der Waals surface area contributed by atoms with Crippen molar-refractivity contribution >= 4 is 23.5 Å². The van der Waals surface area contributed by atoms with Gasteiger partial charge in [0.05, 0.1) is 35.3 Å². The zero-order chi connectivity index (χ0) is 20.7. The van der Waals surface area contributed by atoms with E-state index in [1.165, 1.54) is 18.2 Å². The molecule has 11 nitrogen and oxygen atoms in total. The number of hydrogen-bond acceptors (Lipinski definition) is 8. The van der Waals surface area contributed by atoms with Gasteiger partial charge in [-0.05, 0) is 6.07 Å². The van der Waals surface area contributed by atoms with Gasteiger partial charge in [0.2, 0.25) is 5.75 Å². The highest BCUT2D eigenvalue weighted by molar-refractivity contribution is 5.83. The fraction of sp³-hybridized carbons (Fsp3) is 0.125. The Kier molecular flexibility index (Phi) is 6.52. The van der Waals surface area contributed by atoms with E-state index in [4.69, 9.17) is 9.47 Å². The minimum Gasteiger partial charge on any atom is -0.492 e. The molecule has 2 aromatic carbocycles. The molecule has 0 aliphatic rings. The van der Waals surface area contributed by atoms with Gasteiger partial charge in [0.15, 0.2) is 12.4 Å². The SMILES string of the molecule is COc1cc([N+](=O)[O-])cc([N+](=O)[O-])c1OCC(=O)NN=Cc1ccccc1F. The number of ether oxygens (including phenoxy) is 2. The lowest BCUT2D eigenvalue weighted by molar-refractivity contribution is -0.394. The van der Waals surface area contributed by atoms with Crippen LogP contribution in [0.15, 0.2) is 41.5 Å². The number of rotatable bonds is 8. The fourth-order valence-electron chi connectivity index (χ4n) is 2.03. The number of benzene rings is 2. The maximum atomic E-state index is 13.4. The number of hydrazone groups is 1. The quantitative estimate of drug-likeness (QED) is 0.411. The van der Waals surface area contributed by atoms with Crippen LogP contribution in [-0.2, 0) is 4.79 Å². The van der Waals surface area contributed by atoms with Gasteiger partial charge in [-0.3, -0.25) is 25.0 Å². The number of hydrogen-bond donors (Lipinski definition) is 1. The van der Waals surface area contributed by atoms with Crippen LogP contribution in [0.5, 0.6) is 11.5 Å². The van der Waals surface area contributed by atoms with Crippen LogP contribution < -0.4 is 14.9 Å². The molecule has 0 radical (unpaired) electrons. The summed E-state index contributed by atoms with van der Waals surface area (Å²) >= 11 is 0. The average Bonchev–Trinajstić information content (AvgIpc) is 2.66. The molecule has 0 aliphatic heterocycles. The Bertz CT molecular complexity index is 949. The van der Waals surface area contributed by atoms with Crippen molar-refractivity contribution in [1.82, 2.24) is 5.43 Å². The number of methoxy groups -OCH3 is 1. The summed E-state index contributed by atoms with van der Waals surface area (Å²) < 4.78 is 23.4. The Hall–Kier alpha value is -4.09. The summed E-state index contributed by atoms with van der Waals surface area (Å²) in [6, 6.07) is 7.33. The van der Waals surface area contributed by atoms with E-state index in [-0.39, 0.29) is 11.3 Å². The molecule has 28 heavy (non-hydrogen) atoms. The van der Waals surface area contributed by atoms with E-state index in [2.05, 4.69) is 10.5 Å². The minimum atomic E-state index is -0.904. The predicted molar refractivity (Wildman–Crippen MR) is 93.9 cm³/mol. The molecule has 0 heterocycles. The number of halogens is 1. The van der Waals surface area contributed by atoms with Crippen molar-refractivity contribution < 1.29 is 28.5 Å². The van der Waals surface area contributed by atoms with Gasteiger partial charge in [-0.1, -0.05) is 18.2 Å². The van der Waals surface area contributed by atoms with E-state index < -0.39 is 45.3 Å². The summed E-state index contributed by atoms with van der Waals surface area (Å²) in [6.07, 6.45) is 1.07. The second kappa shape index (κ2) is 9.02. The van der Waals surface area contributed by atoms with Crippen molar-refractivity contribution in [1.29, 1.82) is 0 Å². The molecule has 0 aliphatic carbocycles. The number of carbonyl (C=O) groups is 1. The third-order valence-corrected chi connectivity index (χ3v) is 3.29. The van der Waals surface area contributed by atoms with Gasteiger partial charge < -0.3 is 9.47 Å². The van der Waals surface area contributed by atoms with Crippen LogP contribution in [0.3, 0.4) is 0 Å². The van der Waals surface area contributed by atoms with Gasteiger partial charge in [-0.25, -0.2) is 9.82 Å². The first kappa shape index (κ1) is 20.2. The van der Waals surface area contributed by atoms with Crippen LogP contribution in [0.1, 0.15) is 5.56 Å². The summed E-state index contributed by atoms with van der Waals surface area (Å²) in [4.78, 5) is 32.1. The van der Waals surface area contributed by atoms with Gasteiger partial charge in [-0.15, -0.1) is 0 Å². The van der Waals surface area contributed by atoms with Crippen molar-refractivity contribution in [3.05, 3.63) is 68.0 Å². The molecule has 1 N–H and O–H groups in total. The average molecular weight is 392 g/mol. The highest BCUT2D eigenvalue weighted by atomic mass is 19.1. The van der Waals surface area contributed by atoms with E-state index in [0.717, 1.165) is 19.4 Å². The molecule has 0 bridgehead atoms. The number of non-ortho nitro benzene ring substituents is 1. The Morgan fingerprint density at radius 3 is 2.57 bits per heavy atom. The lowest BCUT2D eigenvalue weighted by atomic mass is 10.2. The lowest BCUT2D eigenvalue weighted by Gasteiger charge is -2.10. The summed E-state index contributed by atoms with van der Waals surface area (Å²) in [5.74, 6) is -2.08. The number of nitrogens with zero attached hydrogens (tertiary/aromatic N) is 3. The highest BCUT2D eigenvalue weighted by Gasteiger charge is 2.27. The number of nitro groups is 2. The summed E-state index contributed by atoms with van der Waals surface area (Å²) in [7, 11) is 1.13. The maximum absolute atomic E-state index is 13.4. The van der Waals surface area contributed by atoms with Crippen LogP contribution in [-0.4, -0.2) is 35.7 Å². The van der Waals surface area contributed by atoms with E-state index in [1.54, 1.807) is 6.07 Å². The molecule has 0 saturated heterocycles. The molecule has 1 amide bonds. The zero-order valence-corrected chi connectivity index (χ0v) is 14.3. The summed E-state index contributed by atoms with van der Waals surface area (Å²) in [6.45, 7) is -0.705. The topological polar surface area (TPSA) is 146 Å². The summed E-state index contributed by atoms with van der Waals surface area (Å²) in [5.41, 5.74) is 0.884. The highest BCUT2D eigenvalue weighted by Crippen LogP contribution is 2.40. The first-order chi connectivity index (χ1) is 13.3. The third-order valence-electron chi connectivity index (χ3n) is 3.29. The van der Waals surface area contributed by atoms with Gasteiger partial charge in [0, 0.05) is 5.56 Å². The van der Waals surface area contributed by atoms with Gasteiger partial charge in [0.1, 0.15) is 5.82 Å². The number of amides is 1. The van der Waals surface area contributed by atoms with Crippen LogP contribution >= 0.6 is 0 Å². The summed E-state index contributed by atoms with van der Waals surface area (Å²) in [5, 5.41) is 25.6. The van der Waals surface area contributed by atoms with Gasteiger partial charge in [-0.2, -0.15) is 5.10 Å². The van der Waals surface area contributed by atoms with Crippen molar-refractivity contribution in [2.75, 3.05) is 13.7 Å².